The van der Waals surface area contributed by atoms with Crippen LogP contribution < -0.4 is 15.5 Å². The van der Waals surface area contributed by atoms with Crippen LogP contribution >= 0.6 is 0 Å². The van der Waals surface area contributed by atoms with E-state index in [9.17, 15) is 9.18 Å². The van der Waals surface area contributed by atoms with E-state index >= 15 is 0 Å². The van der Waals surface area contributed by atoms with Gasteiger partial charge in [-0.05, 0) is 42.5 Å². The van der Waals surface area contributed by atoms with Crippen molar-refractivity contribution in [1.82, 2.24) is 10.3 Å². The molecule has 0 aliphatic heterocycles. The number of nitrogens with one attached hydrogen (secondary N) is 2. The first-order chi connectivity index (χ1) is 13.0. The summed E-state index contributed by atoms with van der Waals surface area (Å²) in [5, 5.41) is 5.89. The SMILES string of the molecule is CN(C)c1ccc(Nc2ccc(C(=O)NCc3ccccc3F)cn2)cc1. The minimum atomic E-state index is -0.337. The van der Waals surface area contributed by atoms with Gasteiger partial charge in [0.05, 0.1) is 5.56 Å². The summed E-state index contributed by atoms with van der Waals surface area (Å²) in [5.41, 5.74) is 2.87. The molecule has 0 atom stereocenters. The molecule has 0 aliphatic rings. The molecule has 0 bridgehead atoms. The lowest BCUT2D eigenvalue weighted by Gasteiger charge is -2.13. The van der Waals surface area contributed by atoms with Crippen molar-refractivity contribution < 1.29 is 9.18 Å². The van der Waals surface area contributed by atoms with Crippen molar-refractivity contribution in [1.29, 1.82) is 0 Å². The van der Waals surface area contributed by atoms with Gasteiger partial charge in [-0.2, -0.15) is 0 Å². The number of carbonyl (C=O) groups excluding carboxylic acids is 1. The van der Waals surface area contributed by atoms with Gasteiger partial charge >= 0.3 is 0 Å². The van der Waals surface area contributed by atoms with E-state index in [4.69, 9.17) is 0 Å². The molecule has 27 heavy (non-hydrogen) atoms. The number of hydrogen-bond acceptors (Lipinski definition) is 4. The van der Waals surface area contributed by atoms with Gasteiger partial charge in [0.15, 0.2) is 0 Å². The van der Waals surface area contributed by atoms with Gasteiger partial charge in [0.25, 0.3) is 5.91 Å². The molecule has 6 heteroatoms. The highest BCUT2D eigenvalue weighted by Gasteiger charge is 2.08. The molecule has 0 aliphatic carbocycles. The average Bonchev–Trinajstić information content (AvgIpc) is 2.68. The molecule has 0 unspecified atom stereocenters. The molecule has 1 aromatic heterocycles. The Morgan fingerprint density at radius 1 is 1.04 bits per heavy atom. The fraction of sp³-hybridized carbons (Fsp3) is 0.143. The van der Waals surface area contributed by atoms with Gasteiger partial charge in [-0.1, -0.05) is 18.2 Å². The lowest BCUT2D eigenvalue weighted by Crippen LogP contribution is -2.23. The highest BCUT2D eigenvalue weighted by molar-refractivity contribution is 5.94. The molecule has 5 nitrogen and oxygen atoms in total. The Hall–Kier alpha value is -3.41. The normalized spacial score (nSPS) is 10.3. The molecule has 3 rings (SSSR count). The van der Waals surface area contributed by atoms with Crippen molar-refractivity contribution in [2.45, 2.75) is 6.54 Å². The van der Waals surface area contributed by atoms with E-state index in [-0.39, 0.29) is 18.3 Å². The fourth-order valence-corrected chi connectivity index (χ4v) is 2.51. The van der Waals surface area contributed by atoms with Crippen LogP contribution in [0.25, 0.3) is 0 Å². The summed E-state index contributed by atoms with van der Waals surface area (Å²) in [6.07, 6.45) is 1.49. The smallest absolute Gasteiger partial charge is 0.253 e. The first-order valence-corrected chi connectivity index (χ1v) is 8.55. The molecule has 0 radical (unpaired) electrons. The molecule has 2 N–H and O–H groups in total. The highest BCUT2D eigenvalue weighted by Crippen LogP contribution is 2.19. The summed E-state index contributed by atoms with van der Waals surface area (Å²) in [7, 11) is 3.97. The van der Waals surface area contributed by atoms with Crippen LogP contribution in [0.3, 0.4) is 0 Å². The Morgan fingerprint density at radius 3 is 2.41 bits per heavy atom. The first kappa shape index (κ1) is 18.4. The van der Waals surface area contributed by atoms with Gasteiger partial charge in [-0.25, -0.2) is 9.37 Å². The van der Waals surface area contributed by atoms with Gasteiger partial charge in [0.1, 0.15) is 11.6 Å². The van der Waals surface area contributed by atoms with Crippen LogP contribution in [-0.4, -0.2) is 25.0 Å². The molecular formula is C21H21FN4O. The van der Waals surface area contributed by atoms with E-state index in [0.29, 0.717) is 16.9 Å². The first-order valence-electron chi connectivity index (χ1n) is 8.55. The maximum Gasteiger partial charge on any atom is 0.253 e. The summed E-state index contributed by atoms with van der Waals surface area (Å²) in [6, 6.07) is 17.7. The maximum absolute atomic E-state index is 13.6. The van der Waals surface area contributed by atoms with Crippen molar-refractivity contribution in [3.05, 3.63) is 83.8 Å². The monoisotopic (exact) mass is 364 g/mol. The third-order valence-electron chi connectivity index (χ3n) is 4.08. The lowest BCUT2D eigenvalue weighted by molar-refractivity contribution is 0.0950. The second-order valence-electron chi connectivity index (χ2n) is 6.27. The van der Waals surface area contributed by atoms with Crippen LogP contribution in [0.4, 0.5) is 21.6 Å². The molecule has 0 saturated heterocycles. The summed E-state index contributed by atoms with van der Waals surface area (Å²) in [5.74, 6) is 0.00153. The van der Waals surface area contributed by atoms with Crippen molar-refractivity contribution >= 4 is 23.1 Å². The molecule has 1 amide bonds. The molecule has 0 spiro atoms. The van der Waals surface area contributed by atoms with E-state index in [1.807, 2.05) is 43.3 Å². The Morgan fingerprint density at radius 2 is 1.78 bits per heavy atom. The van der Waals surface area contributed by atoms with E-state index in [0.717, 1.165) is 11.4 Å². The van der Waals surface area contributed by atoms with Crippen molar-refractivity contribution in [2.24, 2.45) is 0 Å². The number of benzene rings is 2. The number of pyridine rings is 1. The van der Waals surface area contributed by atoms with E-state index < -0.39 is 0 Å². The van der Waals surface area contributed by atoms with Gasteiger partial charge in [0, 0.05) is 43.8 Å². The third-order valence-corrected chi connectivity index (χ3v) is 4.08. The molecule has 0 fully saturated rings. The molecular weight excluding hydrogens is 343 g/mol. The molecule has 3 aromatic rings. The number of nitrogens with zero attached hydrogens (tertiary/aromatic N) is 2. The van der Waals surface area contributed by atoms with Gasteiger partial charge in [-0.15, -0.1) is 0 Å². The second kappa shape index (κ2) is 8.31. The van der Waals surface area contributed by atoms with Crippen molar-refractivity contribution in [2.75, 3.05) is 24.3 Å². The van der Waals surface area contributed by atoms with Crippen molar-refractivity contribution in [3.63, 3.8) is 0 Å². The molecule has 0 saturated carbocycles. The quantitative estimate of drug-likeness (QED) is 0.695. The topological polar surface area (TPSA) is 57.3 Å². The number of rotatable bonds is 6. The van der Waals surface area contributed by atoms with E-state index in [1.165, 1.54) is 12.3 Å². The van der Waals surface area contributed by atoms with Crippen molar-refractivity contribution in [3.8, 4) is 0 Å². The zero-order valence-electron chi connectivity index (χ0n) is 15.2. The second-order valence-corrected chi connectivity index (χ2v) is 6.27. The highest BCUT2D eigenvalue weighted by atomic mass is 19.1. The average molecular weight is 364 g/mol. The van der Waals surface area contributed by atoms with Crippen LogP contribution in [0.1, 0.15) is 15.9 Å². The summed E-state index contributed by atoms with van der Waals surface area (Å²) < 4.78 is 13.6. The predicted octanol–water partition coefficient (Wildman–Crippen LogP) is 3.96. The fourth-order valence-electron chi connectivity index (χ4n) is 2.51. The van der Waals surface area contributed by atoms with Crippen LogP contribution in [0.2, 0.25) is 0 Å². The predicted molar refractivity (Wildman–Crippen MR) is 106 cm³/mol. The lowest BCUT2D eigenvalue weighted by atomic mass is 10.2. The van der Waals surface area contributed by atoms with Gasteiger partial charge < -0.3 is 15.5 Å². The maximum atomic E-state index is 13.6. The molecule has 1 heterocycles. The number of hydrogen-bond donors (Lipinski definition) is 2. The minimum absolute atomic E-state index is 0.129. The molecule has 138 valence electrons. The van der Waals surface area contributed by atoms with Crippen LogP contribution in [0, 0.1) is 5.82 Å². The Labute approximate surface area is 157 Å². The van der Waals surface area contributed by atoms with Crippen LogP contribution in [0.15, 0.2) is 66.9 Å². The van der Waals surface area contributed by atoms with Crippen LogP contribution in [-0.2, 0) is 6.54 Å². The third kappa shape index (κ3) is 4.82. The zero-order chi connectivity index (χ0) is 19.2. The number of amides is 1. The van der Waals surface area contributed by atoms with E-state index in [2.05, 4.69) is 15.6 Å². The standard InChI is InChI=1S/C21H21FN4O/c1-26(2)18-10-8-17(9-11-18)25-20-12-7-16(14-23-20)21(27)24-13-15-5-3-4-6-19(15)22/h3-12,14H,13H2,1-2H3,(H,23,25)(H,24,27). The summed E-state index contributed by atoms with van der Waals surface area (Å²) in [4.78, 5) is 18.5. The van der Waals surface area contributed by atoms with Crippen LogP contribution in [0.5, 0.6) is 0 Å². The Kier molecular flexibility index (Phi) is 5.66. The van der Waals surface area contributed by atoms with E-state index in [1.54, 1.807) is 30.3 Å². The summed E-state index contributed by atoms with van der Waals surface area (Å²) >= 11 is 0. The summed E-state index contributed by atoms with van der Waals surface area (Å²) in [6.45, 7) is 0.129. The largest absolute Gasteiger partial charge is 0.378 e. The number of halogens is 1. The Bertz CT molecular complexity index is 908. The minimum Gasteiger partial charge on any atom is -0.378 e. The van der Waals surface area contributed by atoms with Gasteiger partial charge in [-0.3, -0.25) is 4.79 Å². The number of aromatic nitrogens is 1. The zero-order valence-corrected chi connectivity index (χ0v) is 15.2. The molecule has 2 aromatic carbocycles. The number of carbonyl (C=O) groups is 1. The number of anilines is 3. The Balaban J connectivity index is 1.59. The van der Waals surface area contributed by atoms with Gasteiger partial charge in [0.2, 0.25) is 0 Å².